The molecule has 0 bridgehead atoms. The topological polar surface area (TPSA) is 127 Å². The van der Waals surface area contributed by atoms with Crippen molar-refractivity contribution < 1.29 is 19.2 Å². The number of carbonyl (C=O) groups excluding carboxylic acids is 2. The Morgan fingerprint density at radius 1 is 1.20 bits per heavy atom. The highest BCUT2D eigenvalue weighted by atomic mass is 35.5. The Balaban J connectivity index is 1.72. The molecular formula is C24H18Cl2N4O5. The molecule has 0 aliphatic rings. The monoisotopic (exact) mass is 512 g/mol. The molecule has 1 N–H and O–H groups in total. The Kier molecular flexibility index (Phi) is 7.91. The first-order valence-electron chi connectivity index (χ1n) is 10.1. The molecule has 0 saturated carbocycles. The minimum atomic E-state index is -0.975. The van der Waals surface area contributed by atoms with Crippen LogP contribution in [0.2, 0.25) is 10.0 Å². The van der Waals surface area contributed by atoms with E-state index in [9.17, 15) is 25.0 Å². The van der Waals surface area contributed by atoms with Crippen LogP contribution in [0.25, 0.3) is 11.8 Å². The van der Waals surface area contributed by atoms with E-state index in [-0.39, 0.29) is 11.3 Å². The zero-order valence-electron chi connectivity index (χ0n) is 18.5. The maximum absolute atomic E-state index is 12.4. The molecule has 3 aromatic rings. The van der Waals surface area contributed by atoms with Gasteiger partial charge in [0.2, 0.25) is 0 Å². The van der Waals surface area contributed by atoms with Crippen molar-refractivity contribution in [2.75, 3.05) is 11.9 Å². The molecule has 1 heterocycles. The van der Waals surface area contributed by atoms with Gasteiger partial charge in [0.25, 0.3) is 11.6 Å². The highest BCUT2D eigenvalue weighted by molar-refractivity contribution is 6.43. The predicted octanol–water partition coefficient (Wildman–Crippen LogP) is 5.40. The number of ether oxygens (including phenoxy) is 1. The molecule has 1 aromatic heterocycles. The van der Waals surface area contributed by atoms with Gasteiger partial charge in [0.05, 0.1) is 20.7 Å². The van der Waals surface area contributed by atoms with Crippen molar-refractivity contribution >= 4 is 52.5 Å². The molecular weight excluding hydrogens is 495 g/mol. The standard InChI is InChI=1S/C24H18Cl2N4O5/c1-14-10-16(15(2)29(14)21-5-3-4-20(25)23(21)26)11-17(12-27)24(32)35-13-22(31)28-18-6-8-19(9-7-18)30(33)34/h3-11H,13H2,1-2H3,(H,28,31)/b17-11+. The molecule has 1 amide bonds. The number of amides is 1. The Hall–Kier alpha value is -4.13. The third-order valence-corrected chi connectivity index (χ3v) is 5.79. The van der Waals surface area contributed by atoms with Crippen molar-refractivity contribution in [3.05, 3.63) is 91.2 Å². The van der Waals surface area contributed by atoms with Crippen molar-refractivity contribution in [3.8, 4) is 11.8 Å². The number of non-ortho nitro benzene ring substituents is 1. The van der Waals surface area contributed by atoms with Crippen LogP contribution in [0.3, 0.4) is 0 Å². The summed E-state index contributed by atoms with van der Waals surface area (Å²) in [5.41, 5.74) is 2.61. The number of nitro groups is 1. The number of hydrogen-bond donors (Lipinski definition) is 1. The van der Waals surface area contributed by atoms with Gasteiger partial charge in [0.1, 0.15) is 11.6 Å². The third kappa shape index (κ3) is 5.87. The number of nitrogens with zero attached hydrogens (tertiary/aromatic N) is 3. The number of aromatic nitrogens is 1. The maximum atomic E-state index is 12.4. The quantitative estimate of drug-likeness (QED) is 0.148. The first-order valence-corrected chi connectivity index (χ1v) is 10.8. The number of nitriles is 1. The molecule has 35 heavy (non-hydrogen) atoms. The van der Waals surface area contributed by atoms with Gasteiger partial charge in [-0.05, 0) is 55.8 Å². The lowest BCUT2D eigenvalue weighted by molar-refractivity contribution is -0.384. The van der Waals surface area contributed by atoms with Gasteiger partial charge in [-0.25, -0.2) is 4.79 Å². The fourth-order valence-corrected chi connectivity index (χ4v) is 3.71. The first kappa shape index (κ1) is 25.5. The van der Waals surface area contributed by atoms with Gasteiger partial charge in [-0.15, -0.1) is 0 Å². The second-order valence-corrected chi connectivity index (χ2v) is 8.12. The minimum Gasteiger partial charge on any atom is -0.451 e. The number of nitro benzene ring substituents is 1. The second-order valence-electron chi connectivity index (χ2n) is 7.33. The fraction of sp³-hybridized carbons (Fsp3) is 0.125. The summed E-state index contributed by atoms with van der Waals surface area (Å²) in [6, 6.07) is 13.9. The smallest absolute Gasteiger partial charge is 0.349 e. The molecule has 0 fully saturated rings. The van der Waals surface area contributed by atoms with E-state index in [0.29, 0.717) is 32.7 Å². The molecule has 11 heteroatoms. The summed E-state index contributed by atoms with van der Waals surface area (Å²) >= 11 is 12.5. The Morgan fingerprint density at radius 3 is 2.51 bits per heavy atom. The highest BCUT2D eigenvalue weighted by Crippen LogP contribution is 2.32. The molecule has 2 aromatic carbocycles. The number of halogens is 2. The summed E-state index contributed by atoms with van der Waals surface area (Å²) in [6.45, 7) is 2.99. The van der Waals surface area contributed by atoms with Crippen LogP contribution in [-0.2, 0) is 14.3 Å². The number of nitrogens with one attached hydrogen (secondary N) is 1. The molecule has 0 aliphatic carbocycles. The number of carbonyl (C=O) groups is 2. The van der Waals surface area contributed by atoms with E-state index in [4.69, 9.17) is 27.9 Å². The minimum absolute atomic E-state index is 0.129. The molecule has 0 spiro atoms. The zero-order chi connectivity index (χ0) is 25.7. The number of anilines is 1. The lowest BCUT2D eigenvalue weighted by Crippen LogP contribution is -2.21. The third-order valence-electron chi connectivity index (χ3n) is 4.98. The van der Waals surface area contributed by atoms with Gasteiger partial charge in [-0.1, -0.05) is 29.3 Å². The van der Waals surface area contributed by atoms with Crippen molar-refractivity contribution in [1.82, 2.24) is 4.57 Å². The van der Waals surface area contributed by atoms with Crippen LogP contribution in [0.15, 0.2) is 54.1 Å². The largest absolute Gasteiger partial charge is 0.451 e. The summed E-state index contributed by atoms with van der Waals surface area (Å²) < 4.78 is 6.81. The van der Waals surface area contributed by atoms with Crippen molar-refractivity contribution in [3.63, 3.8) is 0 Å². The number of rotatable bonds is 7. The van der Waals surface area contributed by atoms with Crippen LogP contribution in [0.4, 0.5) is 11.4 Å². The van der Waals surface area contributed by atoms with E-state index < -0.39 is 23.4 Å². The molecule has 0 atom stereocenters. The van der Waals surface area contributed by atoms with Crippen molar-refractivity contribution in [2.24, 2.45) is 0 Å². The van der Waals surface area contributed by atoms with Crippen LogP contribution in [0.5, 0.6) is 0 Å². The Bertz CT molecular complexity index is 1390. The molecule has 178 valence electrons. The lowest BCUT2D eigenvalue weighted by atomic mass is 10.1. The average Bonchev–Trinajstić information content (AvgIpc) is 3.10. The van der Waals surface area contributed by atoms with Gasteiger partial charge >= 0.3 is 5.97 Å². The van der Waals surface area contributed by atoms with Gasteiger partial charge in [0, 0.05) is 29.2 Å². The summed E-state index contributed by atoms with van der Waals surface area (Å²) in [4.78, 5) is 34.6. The van der Waals surface area contributed by atoms with Crippen molar-refractivity contribution in [2.45, 2.75) is 13.8 Å². The van der Waals surface area contributed by atoms with Crippen LogP contribution in [0, 0.1) is 35.3 Å². The highest BCUT2D eigenvalue weighted by Gasteiger charge is 2.18. The molecule has 0 saturated heterocycles. The van der Waals surface area contributed by atoms with E-state index in [2.05, 4.69) is 5.32 Å². The van der Waals surface area contributed by atoms with E-state index in [1.165, 1.54) is 30.3 Å². The van der Waals surface area contributed by atoms with E-state index in [0.717, 1.165) is 5.69 Å². The summed E-state index contributed by atoms with van der Waals surface area (Å²) in [7, 11) is 0. The van der Waals surface area contributed by atoms with Crippen LogP contribution in [0.1, 0.15) is 17.0 Å². The zero-order valence-corrected chi connectivity index (χ0v) is 20.1. The van der Waals surface area contributed by atoms with Gasteiger partial charge in [-0.2, -0.15) is 5.26 Å². The number of hydrogen-bond acceptors (Lipinski definition) is 6. The summed E-state index contributed by atoms with van der Waals surface area (Å²) in [5, 5.41) is 23.4. The normalized spacial score (nSPS) is 11.0. The molecule has 0 radical (unpaired) electrons. The van der Waals surface area contributed by atoms with Gasteiger partial charge in [-0.3, -0.25) is 14.9 Å². The molecule has 3 rings (SSSR count). The summed E-state index contributed by atoms with van der Waals surface area (Å²) in [6.07, 6.45) is 1.37. The van der Waals surface area contributed by atoms with E-state index >= 15 is 0 Å². The Morgan fingerprint density at radius 2 is 1.89 bits per heavy atom. The second kappa shape index (κ2) is 10.9. The average molecular weight is 513 g/mol. The number of esters is 1. The van der Waals surface area contributed by atoms with Crippen LogP contribution >= 0.6 is 23.2 Å². The SMILES string of the molecule is Cc1cc(/C=C(\C#N)C(=O)OCC(=O)Nc2ccc([N+](=O)[O-])cc2)c(C)n1-c1cccc(Cl)c1Cl. The lowest BCUT2D eigenvalue weighted by Gasteiger charge is -2.12. The Labute approximate surface area is 210 Å². The van der Waals surface area contributed by atoms with Gasteiger partial charge in [0.15, 0.2) is 6.61 Å². The predicted molar refractivity (Wildman–Crippen MR) is 132 cm³/mol. The van der Waals surface area contributed by atoms with Gasteiger partial charge < -0.3 is 14.6 Å². The van der Waals surface area contributed by atoms with Crippen LogP contribution < -0.4 is 5.32 Å². The van der Waals surface area contributed by atoms with Crippen LogP contribution in [-0.4, -0.2) is 28.0 Å². The molecule has 9 nitrogen and oxygen atoms in total. The number of aryl methyl sites for hydroxylation is 1. The van der Waals surface area contributed by atoms with E-state index in [1.54, 1.807) is 37.3 Å². The first-order chi connectivity index (χ1) is 16.6. The van der Waals surface area contributed by atoms with E-state index in [1.807, 2.05) is 11.5 Å². The maximum Gasteiger partial charge on any atom is 0.349 e. The van der Waals surface area contributed by atoms with Crippen molar-refractivity contribution in [1.29, 1.82) is 5.26 Å². The number of benzene rings is 2. The fourth-order valence-electron chi connectivity index (χ4n) is 3.33. The molecule has 0 aliphatic heterocycles. The molecule has 0 unspecified atom stereocenters. The summed E-state index contributed by atoms with van der Waals surface area (Å²) in [5.74, 6) is -1.64.